The van der Waals surface area contributed by atoms with Crippen LogP contribution in [-0.2, 0) is 0 Å². The van der Waals surface area contributed by atoms with Crippen LogP contribution in [-0.4, -0.2) is 23.6 Å². The first kappa shape index (κ1) is 12.0. The number of rotatable bonds is 4. The molecule has 2 atom stereocenters. The zero-order valence-electron chi connectivity index (χ0n) is 8.61. The molecule has 0 heterocycles. The van der Waals surface area contributed by atoms with Gasteiger partial charge in [0.25, 0.3) is 0 Å². The number of carbonyl (C=O) groups is 1. The highest BCUT2D eigenvalue weighted by Crippen LogP contribution is 2.28. The van der Waals surface area contributed by atoms with Crippen LogP contribution in [0.2, 0.25) is 5.02 Å². The Labute approximate surface area is 93.6 Å². The van der Waals surface area contributed by atoms with Gasteiger partial charge in [0.2, 0.25) is 0 Å². The summed E-state index contributed by atoms with van der Waals surface area (Å²) in [5, 5.41) is 9.65. The number of aliphatic hydroxyl groups is 1. The fourth-order valence-electron chi connectivity index (χ4n) is 1.03. The van der Waals surface area contributed by atoms with Gasteiger partial charge in [-0.05, 0) is 26.0 Å². The van der Waals surface area contributed by atoms with E-state index in [1.54, 1.807) is 32.0 Å². The molecule has 4 heteroatoms. The molecule has 0 aromatic heterocycles. The third-order valence-electron chi connectivity index (χ3n) is 2.11. The van der Waals surface area contributed by atoms with Gasteiger partial charge in [-0.1, -0.05) is 17.7 Å². The molecule has 0 aliphatic heterocycles. The number of hydrogen-bond acceptors (Lipinski definition) is 3. The number of carbonyl (C=O) groups excluding carboxylic acids is 1. The predicted octanol–water partition coefficient (Wildman–Crippen LogP) is 2.30. The van der Waals surface area contributed by atoms with Crippen molar-refractivity contribution in [2.75, 3.05) is 0 Å². The maximum absolute atomic E-state index is 10.7. The zero-order chi connectivity index (χ0) is 11.4. The lowest BCUT2D eigenvalue weighted by atomic mass is 10.2. The molecule has 82 valence electrons. The van der Waals surface area contributed by atoms with E-state index in [9.17, 15) is 9.90 Å². The molecule has 0 amide bonds. The predicted molar refractivity (Wildman–Crippen MR) is 58.6 cm³/mol. The van der Waals surface area contributed by atoms with E-state index in [0.29, 0.717) is 22.6 Å². The lowest BCUT2D eigenvalue weighted by Gasteiger charge is -2.19. The Balaban J connectivity index is 2.97. The maximum Gasteiger partial charge on any atom is 0.153 e. The fraction of sp³-hybridized carbons (Fsp3) is 0.364. The van der Waals surface area contributed by atoms with Gasteiger partial charge in [-0.3, -0.25) is 4.79 Å². The molecule has 0 aliphatic carbocycles. The Hall–Kier alpha value is -1.06. The van der Waals surface area contributed by atoms with E-state index in [0.717, 1.165) is 0 Å². The zero-order valence-corrected chi connectivity index (χ0v) is 9.36. The summed E-state index contributed by atoms with van der Waals surface area (Å²) in [5.41, 5.74) is 0.384. The Kier molecular flexibility index (Phi) is 4.12. The standard InChI is InChI=1S/C11H13ClO3/c1-7(14)8(2)15-11-9(6-13)4-3-5-10(11)12/h3-8,14H,1-2H3. The highest BCUT2D eigenvalue weighted by Gasteiger charge is 2.15. The molecule has 1 aromatic rings. The van der Waals surface area contributed by atoms with E-state index in [-0.39, 0.29) is 0 Å². The Morgan fingerprint density at radius 2 is 2.13 bits per heavy atom. The van der Waals surface area contributed by atoms with Gasteiger partial charge < -0.3 is 9.84 Å². The van der Waals surface area contributed by atoms with Crippen molar-refractivity contribution >= 4 is 17.9 Å². The fourth-order valence-corrected chi connectivity index (χ4v) is 1.25. The number of para-hydroxylation sites is 1. The second-order valence-electron chi connectivity index (χ2n) is 3.34. The minimum Gasteiger partial charge on any atom is -0.486 e. The number of ether oxygens (including phenoxy) is 1. The van der Waals surface area contributed by atoms with Gasteiger partial charge in [-0.2, -0.15) is 0 Å². The molecule has 0 fully saturated rings. The lowest BCUT2D eigenvalue weighted by molar-refractivity contribution is 0.0598. The Morgan fingerprint density at radius 1 is 1.47 bits per heavy atom. The SMILES string of the molecule is CC(O)C(C)Oc1c(Cl)cccc1C=O. The summed E-state index contributed by atoms with van der Waals surface area (Å²) in [6.45, 7) is 3.32. The van der Waals surface area contributed by atoms with Crippen molar-refractivity contribution in [1.82, 2.24) is 0 Å². The maximum atomic E-state index is 10.7. The van der Waals surface area contributed by atoms with E-state index in [1.165, 1.54) is 0 Å². The van der Waals surface area contributed by atoms with Crippen LogP contribution in [0.5, 0.6) is 5.75 Å². The van der Waals surface area contributed by atoms with Crippen LogP contribution in [0.4, 0.5) is 0 Å². The number of halogens is 1. The third kappa shape index (κ3) is 2.94. The summed E-state index contributed by atoms with van der Waals surface area (Å²) < 4.78 is 5.42. The summed E-state index contributed by atoms with van der Waals surface area (Å²) in [6.07, 6.45) is -0.361. The molecule has 1 aromatic carbocycles. The van der Waals surface area contributed by atoms with Crippen LogP contribution in [0.1, 0.15) is 24.2 Å². The van der Waals surface area contributed by atoms with Gasteiger partial charge in [0.1, 0.15) is 11.9 Å². The average Bonchev–Trinajstić information content (AvgIpc) is 2.20. The number of aldehydes is 1. The van der Waals surface area contributed by atoms with Crippen molar-refractivity contribution in [2.24, 2.45) is 0 Å². The van der Waals surface area contributed by atoms with Gasteiger partial charge in [0, 0.05) is 0 Å². The van der Waals surface area contributed by atoms with Crippen LogP contribution in [0.25, 0.3) is 0 Å². The molecule has 1 rings (SSSR count). The molecule has 0 saturated carbocycles. The van der Waals surface area contributed by atoms with Crippen LogP contribution < -0.4 is 4.74 Å². The minimum atomic E-state index is -0.624. The van der Waals surface area contributed by atoms with Crippen molar-refractivity contribution in [3.05, 3.63) is 28.8 Å². The normalized spacial score (nSPS) is 14.4. The highest BCUT2D eigenvalue weighted by molar-refractivity contribution is 6.32. The van der Waals surface area contributed by atoms with Crippen molar-refractivity contribution in [1.29, 1.82) is 0 Å². The highest BCUT2D eigenvalue weighted by atomic mass is 35.5. The Bertz CT molecular complexity index is 350. The number of aliphatic hydroxyl groups excluding tert-OH is 1. The molecule has 2 unspecified atom stereocenters. The van der Waals surface area contributed by atoms with Crippen molar-refractivity contribution < 1.29 is 14.6 Å². The van der Waals surface area contributed by atoms with E-state index in [4.69, 9.17) is 16.3 Å². The topological polar surface area (TPSA) is 46.5 Å². The average molecular weight is 229 g/mol. The summed E-state index contributed by atoms with van der Waals surface area (Å²) in [6, 6.07) is 4.92. The van der Waals surface area contributed by atoms with E-state index in [1.807, 2.05) is 0 Å². The summed E-state index contributed by atoms with van der Waals surface area (Å²) in [5.74, 6) is 0.322. The van der Waals surface area contributed by atoms with Gasteiger partial charge in [-0.15, -0.1) is 0 Å². The first-order valence-electron chi connectivity index (χ1n) is 4.64. The van der Waals surface area contributed by atoms with Crippen LogP contribution in [0.3, 0.4) is 0 Å². The molecule has 0 saturated heterocycles. The van der Waals surface area contributed by atoms with Crippen LogP contribution in [0, 0.1) is 0 Å². The monoisotopic (exact) mass is 228 g/mol. The van der Waals surface area contributed by atoms with Gasteiger partial charge >= 0.3 is 0 Å². The van der Waals surface area contributed by atoms with Crippen LogP contribution in [0.15, 0.2) is 18.2 Å². The molecule has 15 heavy (non-hydrogen) atoms. The first-order chi connectivity index (χ1) is 7.06. The number of hydrogen-bond donors (Lipinski definition) is 1. The van der Waals surface area contributed by atoms with Gasteiger partial charge in [0.05, 0.1) is 16.7 Å². The summed E-state index contributed by atoms with van der Waals surface area (Å²) in [7, 11) is 0. The smallest absolute Gasteiger partial charge is 0.153 e. The summed E-state index contributed by atoms with van der Waals surface area (Å²) in [4.78, 5) is 10.7. The van der Waals surface area contributed by atoms with E-state index < -0.39 is 12.2 Å². The minimum absolute atomic E-state index is 0.322. The quantitative estimate of drug-likeness (QED) is 0.805. The third-order valence-corrected chi connectivity index (χ3v) is 2.41. The first-order valence-corrected chi connectivity index (χ1v) is 5.02. The molecule has 0 spiro atoms. The summed E-state index contributed by atoms with van der Waals surface area (Å²) >= 11 is 5.89. The van der Waals surface area contributed by atoms with Crippen molar-refractivity contribution in [3.63, 3.8) is 0 Å². The van der Waals surface area contributed by atoms with Gasteiger partial charge in [0.15, 0.2) is 6.29 Å². The largest absolute Gasteiger partial charge is 0.486 e. The molecule has 1 N–H and O–H groups in total. The number of benzene rings is 1. The molecule has 0 bridgehead atoms. The van der Waals surface area contributed by atoms with Gasteiger partial charge in [-0.25, -0.2) is 0 Å². The second kappa shape index (κ2) is 5.14. The van der Waals surface area contributed by atoms with Crippen molar-refractivity contribution in [2.45, 2.75) is 26.1 Å². The lowest BCUT2D eigenvalue weighted by Crippen LogP contribution is -2.26. The Morgan fingerprint density at radius 3 is 2.67 bits per heavy atom. The van der Waals surface area contributed by atoms with Crippen molar-refractivity contribution in [3.8, 4) is 5.75 Å². The molecule has 0 aliphatic rings. The molecular formula is C11H13ClO3. The molecular weight excluding hydrogens is 216 g/mol. The van der Waals surface area contributed by atoms with Crippen LogP contribution >= 0.6 is 11.6 Å². The second-order valence-corrected chi connectivity index (χ2v) is 3.75. The molecule has 0 radical (unpaired) electrons. The van der Waals surface area contributed by atoms with E-state index >= 15 is 0 Å². The molecule has 3 nitrogen and oxygen atoms in total. The van der Waals surface area contributed by atoms with E-state index in [2.05, 4.69) is 0 Å².